The lowest BCUT2D eigenvalue weighted by Gasteiger charge is -2.21. The molecule has 1 atom stereocenters. The van der Waals surface area contributed by atoms with Gasteiger partial charge in [0.15, 0.2) is 0 Å². The zero-order valence-electron chi connectivity index (χ0n) is 14.0. The molecule has 1 aromatic heterocycles. The summed E-state index contributed by atoms with van der Waals surface area (Å²) in [5.41, 5.74) is 1.62. The highest BCUT2D eigenvalue weighted by atomic mass is 19.1. The van der Waals surface area contributed by atoms with Crippen molar-refractivity contribution < 1.29 is 13.9 Å². The number of imidazole rings is 1. The summed E-state index contributed by atoms with van der Waals surface area (Å²) in [6.45, 7) is 8.93. The molecule has 2 rings (SSSR count). The smallest absolute Gasteiger partial charge is 0.408 e. The van der Waals surface area contributed by atoms with E-state index in [4.69, 9.17) is 4.74 Å². The van der Waals surface area contributed by atoms with Gasteiger partial charge in [0.2, 0.25) is 0 Å². The van der Waals surface area contributed by atoms with Crippen LogP contribution in [0.5, 0.6) is 0 Å². The predicted octanol–water partition coefficient (Wildman–Crippen LogP) is 4.11. The Bertz CT molecular complexity index is 704. The number of carbonyl (C=O) groups is 1. The van der Waals surface area contributed by atoms with Gasteiger partial charge in [0.05, 0.1) is 17.9 Å². The van der Waals surface area contributed by atoms with E-state index in [1.165, 1.54) is 6.07 Å². The Morgan fingerprint density at radius 1 is 1.39 bits per heavy atom. The van der Waals surface area contributed by atoms with Crippen molar-refractivity contribution in [3.05, 3.63) is 41.6 Å². The first-order chi connectivity index (χ1) is 10.7. The molecular weight excluding hydrogens is 297 g/mol. The molecule has 1 aromatic carbocycles. The third kappa shape index (κ3) is 4.55. The number of alkyl carbamates (subject to hydrolysis) is 1. The van der Waals surface area contributed by atoms with E-state index in [2.05, 4.69) is 15.3 Å². The first-order valence-corrected chi connectivity index (χ1v) is 7.46. The van der Waals surface area contributed by atoms with Crippen LogP contribution in [-0.2, 0) is 4.74 Å². The Morgan fingerprint density at radius 2 is 2.09 bits per heavy atom. The number of nitrogens with zero attached hydrogens (tertiary/aromatic N) is 1. The average Bonchev–Trinajstić information content (AvgIpc) is 2.89. The van der Waals surface area contributed by atoms with E-state index >= 15 is 0 Å². The molecule has 0 aliphatic rings. The van der Waals surface area contributed by atoms with Crippen LogP contribution in [0, 0.1) is 12.7 Å². The van der Waals surface area contributed by atoms with E-state index in [0.717, 1.165) is 11.3 Å². The van der Waals surface area contributed by atoms with Gasteiger partial charge in [0.1, 0.15) is 17.2 Å². The van der Waals surface area contributed by atoms with E-state index in [-0.39, 0.29) is 11.9 Å². The summed E-state index contributed by atoms with van der Waals surface area (Å²) >= 11 is 0. The minimum absolute atomic E-state index is 0.242. The van der Waals surface area contributed by atoms with Crippen LogP contribution in [0.1, 0.15) is 45.1 Å². The van der Waals surface area contributed by atoms with E-state index in [1.54, 1.807) is 46.0 Å². The van der Waals surface area contributed by atoms with Gasteiger partial charge in [-0.25, -0.2) is 14.2 Å². The van der Waals surface area contributed by atoms with Gasteiger partial charge in [0.25, 0.3) is 0 Å². The number of amides is 1. The Balaban J connectivity index is 2.09. The lowest BCUT2D eigenvalue weighted by atomic mass is 10.1. The molecular formula is C17H22FN3O2. The topological polar surface area (TPSA) is 67.0 Å². The summed E-state index contributed by atoms with van der Waals surface area (Å²) in [5, 5.41) is 2.72. The molecule has 6 heteroatoms. The van der Waals surface area contributed by atoms with Crippen LogP contribution < -0.4 is 5.32 Å². The molecule has 0 saturated heterocycles. The summed E-state index contributed by atoms with van der Waals surface area (Å²) in [5.74, 6) is 0.362. The molecule has 1 amide bonds. The number of aryl methyl sites for hydroxylation is 1. The van der Waals surface area contributed by atoms with Crippen LogP contribution in [0.3, 0.4) is 0 Å². The third-order valence-electron chi connectivity index (χ3n) is 3.21. The highest BCUT2D eigenvalue weighted by molar-refractivity contribution is 5.68. The van der Waals surface area contributed by atoms with Gasteiger partial charge in [0, 0.05) is 5.56 Å². The summed E-state index contributed by atoms with van der Waals surface area (Å²) < 4.78 is 18.6. The highest BCUT2D eigenvalue weighted by Gasteiger charge is 2.19. The number of hydrogen-bond donors (Lipinski definition) is 2. The van der Waals surface area contributed by atoms with Crippen LogP contribution in [0.25, 0.3) is 11.3 Å². The zero-order valence-corrected chi connectivity index (χ0v) is 14.0. The molecule has 0 radical (unpaired) electrons. The monoisotopic (exact) mass is 319 g/mol. The zero-order chi connectivity index (χ0) is 17.2. The summed E-state index contributed by atoms with van der Waals surface area (Å²) in [6, 6.07) is 4.53. The van der Waals surface area contributed by atoms with E-state index in [0.29, 0.717) is 11.4 Å². The van der Waals surface area contributed by atoms with Gasteiger partial charge < -0.3 is 15.0 Å². The number of carbonyl (C=O) groups excluding carboxylic acids is 1. The maximum Gasteiger partial charge on any atom is 0.408 e. The fourth-order valence-electron chi connectivity index (χ4n) is 2.07. The molecule has 124 valence electrons. The third-order valence-corrected chi connectivity index (χ3v) is 3.21. The summed E-state index contributed by atoms with van der Waals surface area (Å²) in [4.78, 5) is 19.2. The second kappa shape index (κ2) is 6.40. The van der Waals surface area contributed by atoms with E-state index in [9.17, 15) is 9.18 Å². The molecule has 0 bridgehead atoms. The quantitative estimate of drug-likeness (QED) is 0.894. The molecule has 2 aromatic rings. The minimum atomic E-state index is -0.552. The first-order valence-electron chi connectivity index (χ1n) is 7.46. The van der Waals surface area contributed by atoms with Gasteiger partial charge in [-0.15, -0.1) is 0 Å². The number of rotatable bonds is 3. The van der Waals surface area contributed by atoms with Crippen molar-refractivity contribution in [1.82, 2.24) is 15.3 Å². The molecule has 1 heterocycles. The lowest BCUT2D eigenvalue weighted by Crippen LogP contribution is -2.34. The van der Waals surface area contributed by atoms with Crippen LogP contribution >= 0.6 is 0 Å². The second-order valence-electron chi connectivity index (χ2n) is 6.51. The SMILES string of the molecule is Cc1cc(-c2cnc([C@H](C)NC(=O)OC(C)(C)C)[nH]2)ccc1F. The van der Waals surface area contributed by atoms with Crippen molar-refractivity contribution in [2.24, 2.45) is 0 Å². The standard InChI is InChI=1S/C17H22FN3O2/c1-10-8-12(6-7-13(10)18)14-9-19-15(21-14)11(2)20-16(22)23-17(3,4)5/h6-9,11H,1-5H3,(H,19,21)(H,20,22)/t11-/m0/s1. The molecule has 0 fully saturated rings. The van der Waals surface area contributed by atoms with Crippen LogP contribution in [0.4, 0.5) is 9.18 Å². The normalized spacial score (nSPS) is 12.8. The van der Waals surface area contributed by atoms with E-state index < -0.39 is 11.7 Å². The fraction of sp³-hybridized carbons (Fsp3) is 0.412. The van der Waals surface area contributed by atoms with Crippen molar-refractivity contribution >= 4 is 6.09 Å². The largest absolute Gasteiger partial charge is 0.444 e. The van der Waals surface area contributed by atoms with Crippen LogP contribution in [-0.4, -0.2) is 21.7 Å². The van der Waals surface area contributed by atoms with Crippen LogP contribution in [0.15, 0.2) is 24.4 Å². The van der Waals surface area contributed by atoms with Crippen molar-refractivity contribution in [1.29, 1.82) is 0 Å². The maximum atomic E-state index is 13.3. The highest BCUT2D eigenvalue weighted by Crippen LogP contribution is 2.22. The predicted molar refractivity (Wildman–Crippen MR) is 86.5 cm³/mol. The number of H-pyrrole nitrogens is 1. The Labute approximate surface area is 135 Å². The Hall–Kier alpha value is -2.37. The number of aromatic amines is 1. The van der Waals surface area contributed by atoms with Gasteiger partial charge in [-0.1, -0.05) is 0 Å². The molecule has 23 heavy (non-hydrogen) atoms. The molecule has 0 spiro atoms. The van der Waals surface area contributed by atoms with Gasteiger partial charge in [-0.2, -0.15) is 0 Å². The maximum absolute atomic E-state index is 13.3. The summed E-state index contributed by atoms with van der Waals surface area (Å²) in [7, 11) is 0. The van der Waals surface area contributed by atoms with Gasteiger partial charge in [-0.3, -0.25) is 0 Å². The average molecular weight is 319 g/mol. The number of nitrogens with one attached hydrogen (secondary N) is 2. The first kappa shape index (κ1) is 17.0. The lowest BCUT2D eigenvalue weighted by molar-refractivity contribution is 0.0506. The van der Waals surface area contributed by atoms with Gasteiger partial charge in [-0.05, 0) is 58.4 Å². The molecule has 0 saturated carbocycles. The molecule has 0 unspecified atom stereocenters. The summed E-state index contributed by atoms with van der Waals surface area (Å²) in [6.07, 6.45) is 1.16. The van der Waals surface area contributed by atoms with Crippen molar-refractivity contribution in [2.45, 2.75) is 46.3 Å². The Kier molecular flexibility index (Phi) is 4.73. The number of halogens is 1. The van der Waals surface area contributed by atoms with Crippen molar-refractivity contribution in [3.8, 4) is 11.3 Å². The Morgan fingerprint density at radius 3 is 2.70 bits per heavy atom. The fourth-order valence-corrected chi connectivity index (χ4v) is 2.07. The van der Waals surface area contributed by atoms with Crippen molar-refractivity contribution in [3.63, 3.8) is 0 Å². The molecule has 5 nitrogen and oxygen atoms in total. The minimum Gasteiger partial charge on any atom is -0.444 e. The number of ether oxygens (including phenoxy) is 1. The molecule has 0 aliphatic heterocycles. The second-order valence-corrected chi connectivity index (χ2v) is 6.51. The number of hydrogen-bond acceptors (Lipinski definition) is 3. The van der Waals surface area contributed by atoms with Crippen LogP contribution in [0.2, 0.25) is 0 Å². The number of benzene rings is 1. The van der Waals surface area contributed by atoms with Gasteiger partial charge >= 0.3 is 6.09 Å². The van der Waals surface area contributed by atoms with E-state index in [1.807, 2.05) is 6.92 Å². The number of aromatic nitrogens is 2. The molecule has 0 aliphatic carbocycles. The molecule has 2 N–H and O–H groups in total. The van der Waals surface area contributed by atoms with Crippen molar-refractivity contribution in [2.75, 3.05) is 0 Å².